The number of aryl methyl sites for hydroxylation is 1. The van der Waals surface area contributed by atoms with Crippen LogP contribution in [0.4, 0.5) is 0 Å². The largest absolute Gasteiger partial charge is 0.493 e. The Morgan fingerprint density at radius 1 is 0.967 bits per heavy atom. The van der Waals surface area contributed by atoms with E-state index < -0.39 is 0 Å². The van der Waals surface area contributed by atoms with Gasteiger partial charge in [0.1, 0.15) is 0 Å². The van der Waals surface area contributed by atoms with E-state index in [1.807, 2.05) is 49.5 Å². The second-order valence-corrected chi connectivity index (χ2v) is 7.06. The van der Waals surface area contributed by atoms with Gasteiger partial charge in [0.15, 0.2) is 11.5 Å². The van der Waals surface area contributed by atoms with Crippen molar-refractivity contribution in [3.05, 3.63) is 65.5 Å². The second-order valence-electron chi connectivity index (χ2n) is 7.06. The fourth-order valence-corrected chi connectivity index (χ4v) is 3.75. The lowest BCUT2D eigenvalue weighted by atomic mass is 9.98. The Hall–Kier alpha value is -3.21. The maximum absolute atomic E-state index is 13.0. The van der Waals surface area contributed by atoms with Gasteiger partial charge in [-0.2, -0.15) is 0 Å². The zero-order valence-corrected chi connectivity index (χ0v) is 18.3. The normalized spacial score (nSPS) is 10.7. The number of rotatable bonds is 8. The third kappa shape index (κ3) is 4.06. The SMILES string of the molecule is CCCc1c(C(=O)OCC)c(-c2ccccc2C)cn1-c1ccc(OC)c(OC)c1. The molecule has 1 heterocycles. The van der Waals surface area contributed by atoms with Gasteiger partial charge in [-0.3, -0.25) is 0 Å². The van der Waals surface area contributed by atoms with Crippen molar-refractivity contribution < 1.29 is 19.0 Å². The van der Waals surface area contributed by atoms with Crippen LogP contribution in [0.15, 0.2) is 48.7 Å². The summed E-state index contributed by atoms with van der Waals surface area (Å²) in [6.45, 7) is 6.32. The molecule has 0 aliphatic rings. The number of aromatic nitrogens is 1. The topological polar surface area (TPSA) is 49.7 Å². The fraction of sp³-hybridized carbons (Fsp3) is 0.320. The standard InChI is InChI=1S/C25H29NO4/c1-6-10-21-24(25(27)30-7-2)20(19-12-9-8-11-17(19)3)16-26(21)18-13-14-22(28-4)23(15-18)29-5/h8-9,11-16H,6-7,10H2,1-5H3. The molecule has 158 valence electrons. The Kier molecular flexibility index (Phi) is 6.83. The fourth-order valence-electron chi connectivity index (χ4n) is 3.75. The molecule has 3 aromatic rings. The van der Waals surface area contributed by atoms with Gasteiger partial charge in [0, 0.05) is 29.2 Å². The zero-order chi connectivity index (χ0) is 21.7. The maximum atomic E-state index is 13.0. The van der Waals surface area contributed by atoms with Crippen LogP contribution in [0.25, 0.3) is 16.8 Å². The van der Waals surface area contributed by atoms with Crippen molar-refractivity contribution in [3.8, 4) is 28.3 Å². The van der Waals surface area contributed by atoms with E-state index in [4.69, 9.17) is 14.2 Å². The number of nitrogens with zero attached hydrogens (tertiary/aromatic N) is 1. The van der Waals surface area contributed by atoms with Gasteiger partial charge in [0.25, 0.3) is 0 Å². The number of esters is 1. The lowest BCUT2D eigenvalue weighted by Gasteiger charge is -2.13. The Labute approximate surface area is 178 Å². The second kappa shape index (κ2) is 9.53. The lowest BCUT2D eigenvalue weighted by Crippen LogP contribution is -2.10. The number of carbonyl (C=O) groups excluding carboxylic acids is 1. The molecule has 0 saturated heterocycles. The van der Waals surface area contributed by atoms with E-state index in [1.54, 1.807) is 14.2 Å². The van der Waals surface area contributed by atoms with Gasteiger partial charge in [-0.15, -0.1) is 0 Å². The molecule has 0 unspecified atom stereocenters. The zero-order valence-electron chi connectivity index (χ0n) is 18.3. The van der Waals surface area contributed by atoms with Crippen LogP contribution in [-0.4, -0.2) is 31.4 Å². The van der Waals surface area contributed by atoms with Crippen molar-refractivity contribution in [2.24, 2.45) is 0 Å². The highest BCUT2D eigenvalue weighted by atomic mass is 16.5. The number of carbonyl (C=O) groups is 1. The summed E-state index contributed by atoms with van der Waals surface area (Å²) in [4.78, 5) is 13.0. The summed E-state index contributed by atoms with van der Waals surface area (Å²) in [5.74, 6) is 1.01. The van der Waals surface area contributed by atoms with Crippen LogP contribution in [0, 0.1) is 6.92 Å². The van der Waals surface area contributed by atoms with Crippen molar-refractivity contribution in [2.75, 3.05) is 20.8 Å². The van der Waals surface area contributed by atoms with E-state index in [2.05, 4.69) is 24.5 Å². The first-order valence-corrected chi connectivity index (χ1v) is 10.2. The molecule has 0 fully saturated rings. The molecule has 30 heavy (non-hydrogen) atoms. The van der Waals surface area contributed by atoms with Crippen LogP contribution < -0.4 is 9.47 Å². The van der Waals surface area contributed by atoms with E-state index in [0.29, 0.717) is 23.7 Å². The highest BCUT2D eigenvalue weighted by Crippen LogP contribution is 2.36. The maximum Gasteiger partial charge on any atom is 0.340 e. The van der Waals surface area contributed by atoms with Crippen LogP contribution in [0.3, 0.4) is 0 Å². The molecule has 0 aliphatic heterocycles. The van der Waals surface area contributed by atoms with E-state index in [0.717, 1.165) is 40.9 Å². The van der Waals surface area contributed by atoms with Gasteiger partial charge >= 0.3 is 5.97 Å². The number of methoxy groups -OCH3 is 2. The monoisotopic (exact) mass is 407 g/mol. The predicted molar refractivity (Wildman–Crippen MR) is 119 cm³/mol. The molecule has 1 aromatic heterocycles. The minimum atomic E-state index is -0.293. The average molecular weight is 408 g/mol. The molecule has 3 rings (SSSR count). The Morgan fingerprint density at radius 3 is 2.33 bits per heavy atom. The highest BCUT2D eigenvalue weighted by Gasteiger charge is 2.25. The van der Waals surface area contributed by atoms with Gasteiger partial charge < -0.3 is 18.8 Å². The number of hydrogen-bond acceptors (Lipinski definition) is 4. The number of hydrogen-bond donors (Lipinski definition) is 0. The van der Waals surface area contributed by atoms with Crippen LogP contribution in [0.5, 0.6) is 11.5 Å². The van der Waals surface area contributed by atoms with Gasteiger partial charge in [-0.25, -0.2) is 4.79 Å². The van der Waals surface area contributed by atoms with Gasteiger partial charge in [-0.05, 0) is 43.5 Å². The summed E-state index contributed by atoms with van der Waals surface area (Å²) in [6.07, 6.45) is 3.67. The summed E-state index contributed by atoms with van der Waals surface area (Å²) < 4.78 is 18.4. The van der Waals surface area contributed by atoms with Crippen molar-refractivity contribution in [1.82, 2.24) is 4.57 Å². The third-order valence-electron chi connectivity index (χ3n) is 5.15. The third-order valence-corrected chi connectivity index (χ3v) is 5.15. The lowest BCUT2D eigenvalue weighted by molar-refractivity contribution is 0.0526. The average Bonchev–Trinajstić information content (AvgIpc) is 3.13. The molecule has 5 nitrogen and oxygen atoms in total. The van der Waals surface area contributed by atoms with Gasteiger partial charge in [0.2, 0.25) is 0 Å². The predicted octanol–water partition coefficient (Wildman–Crippen LogP) is 5.60. The van der Waals surface area contributed by atoms with Gasteiger partial charge in [0.05, 0.1) is 26.4 Å². The molecule has 0 atom stereocenters. The minimum absolute atomic E-state index is 0.293. The first kappa shape index (κ1) is 21.5. The molecule has 0 saturated carbocycles. The Morgan fingerprint density at radius 2 is 1.70 bits per heavy atom. The molecular formula is C25H29NO4. The van der Waals surface area contributed by atoms with Crippen LogP contribution in [0.2, 0.25) is 0 Å². The van der Waals surface area contributed by atoms with E-state index in [1.165, 1.54) is 0 Å². The van der Waals surface area contributed by atoms with Crippen LogP contribution in [0.1, 0.15) is 41.9 Å². The van der Waals surface area contributed by atoms with Crippen molar-refractivity contribution >= 4 is 5.97 Å². The first-order valence-electron chi connectivity index (χ1n) is 10.2. The summed E-state index contributed by atoms with van der Waals surface area (Å²) >= 11 is 0. The molecule has 0 aliphatic carbocycles. The quantitative estimate of drug-likeness (QED) is 0.456. The molecule has 0 N–H and O–H groups in total. The summed E-state index contributed by atoms with van der Waals surface area (Å²) in [7, 11) is 3.23. The van der Waals surface area contributed by atoms with E-state index >= 15 is 0 Å². The Bertz CT molecular complexity index is 1040. The molecular weight excluding hydrogens is 378 g/mol. The molecule has 5 heteroatoms. The number of benzene rings is 2. The molecule has 0 bridgehead atoms. The van der Waals surface area contributed by atoms with Gasteiger partial charge in [-0.1, -0.05) is 37.6 Å². The van der Waals surface area contributed by atoms with Crippen LogP contribution >= 0.6 is 0 Å². The molecule has 0 amide bonds. The summed E-state index contributed by atoms with van der Waals surface area (Å²) in [5, 5.41) is 0. The van der Waals surface area contributed by atoms with Crippen molar-refractivity contribution in [1.29, 1.82) is 0 Å². The van der Waals surface area contributed by atoms with Crippen molar-refractivity contribution in [3.63, 3.8) is 0 Å². The van der Waals surface area contributed by atoms with Crippen molar-refractivity contribution in [2.45, 2.75) is 33.6 Å². The highest BCUT2D eigenvalue weighted by molar-refractivity contribution is 5.99. The smallest absolute Gasteiger partial charge is 0.340 e. The first-order chi connectivity index (χ1) is 14.5. The molecule has 0 radical (unpaired) electrons. The minimum Gasteiger partial charge on any atom is -0.493 e. The summed E-state index contributed by atoms with van der Waals surface area (Å²) in [5.41, 5.74) is 5.48. The van der Waals surface area contributed by atoms with E-state index in [-0.39, 0.29) is 5.97 Å². The Balaban J connectivity index is 2.29. The molecule has 2 aromatic carbocycles. The van der Waals surface area contributed by atoms with E-state index in [9.17, 15) is 4.79 Å². The number of ether oxygens (including phenoxy) is 3. The van der Waals surface area contributed by atoms with Crippen LogP contribution in [-0.2, 0) is 11.2 Å². The summed E-state index contributed by atoms with van der Waals surface area (Å²) in [6, 6.07) is 13.9. The molecule has 0 spiro atoms.